The number of aromatic carboxylic acids is 1. The molecular weight excluding hydrogens is 582 g/mol. The molecule has 44 heavy (non-hydrogen) atoms. The van der Waals surface area contributed by atoms with Gasteiger partial charge in [0, 0.05) is 54.9 Å². The fourth-order valence-electron chi connectivity index (χ4n) is 6.48. The molecule has 2 aliphatic rings. The zero-order chi connectivity index (χ0) is 31.3. The molecule has 6 rings (SSSR count). The second-order valence-electron chi connectivity index (χ2n) is 11.6. The molecule has 230 valence electrons. The highest BCUT2D eigenvalue weighted by Gasteiger charge is 2.31. The summed E-state index contributed by atoms with van der Waals surface area (Å²) < 4.78 is 37.2. The molecule has 0 bridgehead atoms. The average molecular weight is 618 g/mol. The van der Waals surface area contributed by atoms with Crippen LogP contribution < -0.4 is 9.46 Å². The number of carboxylic acids is 1. The lowest BCUT2D eigenvalue weighted by Gasteiger charge is -2.24. The van der Waals surface area contributed by atoms with Crippen LogP contribution in [0.15, 0.2) is 42.6 Å². The molecule has 1 fully saturated rings. The van der Waals surface area contributed by atoms with E-state index in [1.165, 1.54) is 37.0 Å². The molecule has 0 unspecified atom stereocenters. The van der Waals surface area contributed by atoms with E-state index in [1.807, 2.05) is 30.3 Å². The summed E-state index contributed by atoms with van der Waals surface area (Å²) in [6.45, 7) is 0.286. The number of carbonyl (C=O) groups is 2. The van der Waals surface area contributed by atoms with Gasteiger partial charge < -0.3 is 14.4 Å². The Morgan fingerprint density at radius 2 is 1.84 bits per heavy atom. The zero-order valence-electron chi connectivity index (χ0n) is 25.1. The number of hydrogen-bond acceptors (Lipinski definition) is 6. The van der Waals surface area contributed by atoms with E-state index in [9.17, 15) is 23.1 Å². The predicted molar refractivity (Wildman–Crippen MR) is 168 cm³/mol. The number of benzene rings is 2. The van der Waals surface area contributed by atoms with E-state index in [0.29, 0.717) is 17.0 Å². The van der Waals surface area contributed by atoms with Gasteiger partial charge in [0.15, 0.2) is 0 Å². The number of methoxy groups -OCH3 is 1. The quantitative estimate of drug-likeness (QED) is 0.302. The van der Waals surface area contributed by atoms with Crippen molar-refractivity contribution in [2.75, 3.05) is 21.2 Å². The van der Waals surface area contributed by atoms with E-state index < -0.39 is 22.1 Å². The molecule has 4 aromatic rings. The topological polar surface area (TPSA) is 136 Å². The molecule has 3 heterocycles. The minimum atomic E-state index is -4.00. The molecule has 1 amide bonds. The van der Waals surface area contributed by atoms with Crippen LogP contribution in [0, 0.1) is 0 Å². The number of ether oxygens (including phenoxy) is 1. The van der Waals surface area contributed by atoms with E-state index in [4.69, 9.17) is 4.74 Å². The number of nitrogens with zero attached hydrogens (tertiary/aromatic N) is 4. The molecule has 0 spiro atoms. The van der Waals surface area contributed by atoms with Crippen molar-refractivity contribution in [1.29, 1.82) is 0 Å². The first kappa shape index (κ1) is 29.6. The molecular formula is C32H35N5O6S. The van der Waals surface area contributed by atoms with Gasteiger partial charge >= 0.3 is 16.2 Å². The van der Waals surface area contributed by atoms with Gasteiger partial charge in [0.2, 0.25) is 0 Å². The fraction of sp³-hybridized carbons (Fsp3) is 0.344. The standard InChI is InChI=1S/C32H35N5O6S/c1-35(2)44(41,42)34-31(38)20-10-12-25-27(16-20)37-17-22(29-26(32(39)40)18-36(3)33-29)14-21-15-23(43-4)11-13-24(21)30(37)28(25)19-8-6-5-7-9-19/h10-16,18-19H,5-9,17H2,1-4H3,(H,34,38)(H,39,40). The largest absolute Gasteiger partial charge is 0.497 e. The number of carboxylic acid groups (broad SMARTS) is 1. The maximum Gasteiger partial charge on any atom is 0.339 e. The number of aromatic nitrogens is 3. The third-order valence-corrected chi connectivity index (χ3v) is 10.0. The van der Waals surface area contributed by atoms with Gasteiger partial charge in [-0.2, -0.15) is 17.8 Å². The molecule has 2 aromatic heterocycles. The molecule has 1 aliphatic carbocycles. The highest BCUT2D eigenvalue weighted by atomic mass is 32.2. The van der Waals surface area contributed by atoms with E-state index >= 15 is 0 Å². The van der Waals surface area contributed by atoms with Gasteiger partial charge in [-0.3, -0.25) is 9.48 Å². The first-order valence-corrected chi connectivity index (χ1v) is 16.0. The van der Waals surface area contributed by atoms with Gasteiger partial charge in [-0.05, 0) is 66.3 Å². The predicted octanol–water partition coefficient (Wildman–Crippen LogP) is 4.89. The third-order valence-electron chi connectivity index (χ3n) is 8.62. The number of nitrogens with one attached hydrogen (secondary N) is 1. The Hall–Kier alpha value is -4.42. The van der Waals surface area contributed by atoms with Gasteiger partial charge in [-0.1, -0.05) is 25.3 Å². The van der Waals surface area contributed by atoms with Crippen LogP contribution in [0.2, 0.25) is 0 Å². The number of hydrogen-bond donors (Lipinski definition) is 2. The van der Waals surface area contributed by atoms with Crippen LogP contribution in [0.5, 0.6) is 5.75 Å². The van der Waals surface area contributed by atoms with Crippen molar-refractivity contribution in [1.82, 2.24) is 23.4 Å². The van der Waals surface area contributed by atoms with Gasteiger partial charge in [0.25, 0.3) is 5.91 Å². The van der Waals surface area contributed by atoms with E-state index in [2.05, 4.69) is 14.4 Å². The van der Waals surface area contributed by atoms with Crippen LogP contribution in [-0.2, 0) is 23.8 Å². The summed E-state index contributed by atoms with van der Waals surface area (Å²) in [7, 11) is 2.01. The Balaban J connectivity index is 1.63. The SMILES string of the molecule is COc1ccc2c(c1)C=C(c1nn(C)cc1C(=O)O)Cn1c-2c(C2CCCCC2)c2ccc(C(=O)NS(=O)(=O)N(C)C)cc21. The second kappa shape index (κ2) is 11.3. The number of fused-ring (bicyclic) bond motifs is 5. The number of rotatable bonds is 7. The smallest absolute Gasteiger partial charge is 0.339 e. The monoisotopic (exact) mass is 617 g/mol. The Labute approximate surface area is 255 Å². The second-order valence-corrected chi connectivity index (χ2v) is 13.5. The van der Waals surface area contributed by atoms with Crippen molar-refractivity contribution in [2.24, 2.45) is 7.05 Å². The molecule has 11 nitrogen and oxygen atoms in total. The van der Waals surface area contributed by atoms with Crippen molar-refractivity contribution in [3.05, 3.63) is 70.5 Å². The zero-order valence-corrected chi connectivity index (χ0v) is 25.9. The molecule has 0 radical (unpaired) electrons. The molecule has 0 saturated heterocycles. The van der Waals surface area contributed by atoms with Gasteiger partial charge in [0.1, 0.15) is 17.0 Å². The lowest BCUT2D eigenvalue weighted by Crippen LogP contribution is -2.39. The highest BCUT2D eigenvalue weighted by Crippen LogP contribution is 2.47. The summed E-state index contributed by atoms with van der Waals surface area (Å²) in [5.74, 6) is -0.852. The van der Waals surface area contributed by atoms with E-state index in [0.717, 1.165) is 57.7 Å². The van der Waals surface area contributed by atoms with Gasteiger partial charge in [-0.15, -0.1) is 0 Å². The van der Waals surface area contributed by atoms with E-state index in [-0.39, 0.29) is 23.6 Å². The summed E-state index contributed by atoms with van der Waals surface area (Å²) in [6.07, 6.45) is 8.95. The van der Waals surface area contributed by atoms with Crippen molar-refractivity contribution >= 4 is 44.6 Å². The summed E-state index contributed by atoms with van der Waals surface area (Å²) in [5, 5.41) is 15.6. The lowest BCUT2D eigenvalue weighted by molar-refractivity contribution is 0.0696. The maximum absolute atomic E-state index is 13.2. The Kier molecular flexibility index (Phi) is 7.58. The average Bonchev–Trinajstić information content (AvgIpc) is 3.49. The normalized spacial score (nSPS) is 15.4. The van der Waals surface area contributed by atoms with Crippen LogP contribution in [0.1, 0.15) is 75.6 Å². The molecule has 1 aliphatic heterocycles. The number of amides is 1. The molecule has 12 heteroatoms. The van der Waals surface area contributed by atoms with Crippen molar-refractivity contribution in [3.63, 3.8) is 0 Å². The summed E-state index contributed by atoms with van der Waals surface area (Å²) in [4.78, 5) is 25.5. The summed E-state index contributed by atoms with van der Waals surface area (Å²) in [5.41, 5.74) is 6.12. The summed E-state index contributed by atoms with van der Waals surface area (Å²) >= 11 is 0. The lowest BCUT2D eigenvalue weighted by atomic mass is 9.81. The van der Waals surface area contributed by atoms with E-state index in [1.54, 1.807) is 26.3 Å². The van der Waals surface area contributed by atoms with Crippen LogP contribution in [0.4, 0.5) is 0 Å². The number of allylic oxidation sites excluding steroid dienone is 1. The minimum absolute atomic E-state index is 0.0876. The molecule has 2 aromatic carbocycles. The number of carbonyl (C=O) groups excluding carboxylic acids is 1. The minimum Gasteiger partial charge on any atom is -0.497 e. The first-order valence-electron chi connectivity index (χ1n) is 14.6. The Morgan fingerprint density at radius 3 is 2.52 bits per heavy atom. The molecule has 1 saturated carbocycles. The van der Waals surface area contributed by atoms with Crippen molar-refractivity contribution in [3.8, 4) is 17.0 Å². The van der Waals surface area contributed by atoms with Gasteiger partial charge in [0.05, 0.1) is 19.3 Å². The van der Waals surface area contributed by atoms with Crippen LogP contribution in [-0.4, -0.2) is 65.3 Å². The third kappa shape index (κ3) is 5.17. The van der Waals surface area contributed by atoms with Crippen LogP contribution >= 0.6 is 0 Å². The fourth-order valence-corrected chi connectivity index (χ4v) is 7.01. The Morgan fingerprint density at radius 1 is 1.09 bits per heavy atom. The highest BCUT2D eigenvalue weighted by molar-refractivity contribution is 7.87. The summed E-state index contributed by atoms with van der Waals surface area (Å²) in [6, 6.07) is 11.2. The van der Waals surface area contributed by atoms with Crippen LogP contribution in [0.3, 0.4) is 0 Å². The first-order chi connectivity index (χ1) is 21.0. The molecule has 2 N–H and O–H groups in total. The molecule has 0 atom stereocenters. The van der Waals surface area contributed by atoms with Crippen molar-refractivity contribution < 1.29 is 27.9 Å². The number of aryl methyl sites for hydroxylation is 1. The Bertz CT molecular complexity index is 1950. The van der Waals surface area contributed by atoms with Gasteiger partial charge in [-0.25, -0.2) is 9.52 Å². The van der Waals surface area contributed by atoms with Crippen molar-refractivity contribution in [2.45, 2.75) is 44.6 Å². The van der Waals surface area contributed by atoms with Crippen LogP contribution in [0.25, 0.3) is 33.8 Å². The maximum atomic E-state index is 13.2.